The highest BCUT2D eigenvalue weighted by molar-refractivity contribution is 5.62. The maximum absolute atomic E-state index is 4.79. The van der Waals surface area contributed by atoms with E-state index >= 15 is 0 Å². The Labute approximate surface area is 173 Å². The second-order valence-electron chi connectivity index (χ2n) is 7.86. The van der Waals surface area contributed by atoms with Crippen LogP contribution in [0.5, 0.6) is 0 Å². The molecule has 0 bridgehead atoms. The number of aromatic nitrogens is 2. The molecule has 1 aliphatic heterocycles. The largest absolute Gasteiger partial charge is 0.340 e. The van der Waals surface area contributed by atoms with Crippen molar-refractivity contribution in [3.05, 3.63) is 78.0 Å². The van der Waals surface area contributed by atoms with Gasteiger partial charge in [0.25, 0.3) is 0 Å². The molecule has 0 amide bonds. The molecule has 0 spiro atoms. The summed E-state index contributed by atoms with van der Waals surface area (Å²) in [4.78, 5) is 14.1. The zero-order valence-corrected chi connectivity index (χ0v) is 17.3. The van der Waals surface area contributed by atoms with Gasteiger partial charge in [-0.2, -0.15) is 4.98 Å². The number of para-hydroxylation sites is 1. The second-order valence-corrected chi connectivity index (χ2v) is 7.86. The zero-order chi connectivity index (χ0) is 20.1. The van der Waals surface area contributed by atoms with Gasteiger partial charge in [0, 0.05) is 44.6 Å². The van der Waals surface area contributed by atoms with Gasteiger partial charge in [0.05, 0.1) is 0 Å². The Bertz CT molecular complexity index is 917. The summed E-state index contributed by atoms with van der Waals surface area (Å²) < 4.78 is 0. The van der Waals surface area contributed by atoms with Gasteiger partial charge < -0.3 is 10.2 Å². The normalized spacial score (nSPS) is 14.9. The van der Waals surface area contributed by atoms with Crippen LogP contribution in [0.1, 0.15) is 30.9 Å². The first kappa shape index (κ1) is 19.4. The van der Waals surface area contributed by atoms with Crippen molar-refractivity contribution in [2.24, 2.45) is 0 Å². The number of hydrogen-bond donors (Lipinski definition) is 1. The smallest absolute Gasteiger partial charge is 0.227 e. The summed E-state index contributed by atoms with van der Waals surface area (Å²) in [7, 11) is 0. The van der Waals surface area contributed by atoms with Gasteiger partial charge >= 0.3 is 0 Å². The minimum absolute atomic E-state index is 0.456. The molecule has 0 radical (unpaired) electrons. The molecule has 1 saturated heterocycles. The van der Waals surface area contributed by atoms with E-state index in [1.807, 2.05) is 12.3 Å². The highest BCUT2D eigenvalue weighted by Crippen LogP contribution is 2.26. The third-order valence-corrected chi connectivity index (χ3v) is 5.39. The maximum atomic E-state index is 4.79. The van der Waals surface area contributed by atoms with Crippen molar-refractivity contribution in [1.29, 1.82) is 0 Å². The summed E-state index contributed by atoms with van der Waals surface area (Å²) in [5.74, 6) is 2.10. The molecular formula is C24H29N5. The summed E-state index contributed by atoms with van der Waals surface area (Å²) >= 11 is 0. The minimum Gasteiger partial charge on any atom is -0.340 e. The predicted octanol–water partition coefficient (Wildman–Crippen LogP) is 4.67. The molecule has 3 aromatic rings. The van der Waals surface area contributed by atoms with Crippen LogP contribution < -0.4 is 10.2 Å². The monoisotopic (exact) mass is 387 g/mol. The molecule has 150 valence electrons. The number of anilines is 3. The fraction of sp³-hybridized carbons (Fsp3) is 0.333. The van der Waals surface area contributed by atoms with Crippen LogP contribution in [0.3, 0.4) is 0 Å². The average molecular weight is 388 g/mol. The van der Waals surface area contributed by atoms with E-state index < -0.39 is 0 Å². The topological polar surface area (TPSA) is 44.3 Å². The van der Waals surface area contributed by atoms with Crippen molar-refractivity contribution in [2.75, 3.05) is 36.4 Å². The van der Waals surface area contributed by atoms with Crippen molar-refractivity contribution >= 4 is 17.5 Å². The first-order valence-electron chi connectivity index (χ1n) is 10.4. The number of benzene rings is 2. The number of nitrogens with one attached hydrogen (secondary N) is 1. The van der Waals surface area contributed by atoms with E-state index in [9.17, 15) is 0 Å². The summed E-state index contributed by atoms with van der Waals surface area (Å²) in [6.07, 6.45) is 1.85. The van der Waals surface area contributed by atoms with Crippen molar-refractivity contribution in [1.82, 2.24) is 14.9 Å². The van der Waals surface area contributed by atoms with Gasteiger partial charge in [-0.3, -0.25) is 4.90 Å². The molecule has 2 aromatic carbocycles. The van der Waals surface area contributed by atoms with Gasteiger partial charge in [-0.05, 0) is 29.2 Å². The lowest BCUT2D eigenvalue weighted by Crippen LogP contribution is -2.46. The van der Waals surface area contributed by atoms with Crippen LogP contribution in [-0.4, -0.2) is 41.0 Å². The zero-order valence-electron chi connectivity index (χ0n) is 17.3. The summed E-state index contributed by atoms with van der Waals surface area (Å²) in [5.41, 5.74) is 3.77. The molecule has 5 heteroatoms. The lowest BCUT2D eigenvalue weighted by atomic mass is 10.0. The van der Waals surface area contributed by atoms with Crippen molar-refractivity contribution in [3.63, 3.8) is 0 Å². The van der Waals surface area contributed by atoms with Crippen molar-refractivity contribution in [2.45, 2.75) is 26.3 Å². The molecular weight excluding hydrogens is 358 g/mol. The minimum atomic E-state index is 0.456. The Morgan fingerprint density at radius 3 is 2.38 bits per heavy atom. The second kappa shape index (κ2) is 9.05. The third-order valence-electron chi connectivity index (χ3n) is 5.39. The van der Waals surface area contributed by atoms with E-state index in [2.05, 4.69) is 88.5 Å². The van der Waals surface area contributed by atoms with Crippen LogP contribution in [0.15, 0.2) is 66.9 Å². The molecule has 1 N–H and O–H groups in total. The van der Waals surface area contributed by atoms with Crippen LogP contribution >= 0.6 is 0 Å². The van der Waals surface area contributed by atoms with E-state index in [-0.39, 0.29) is 0 Å². The lowest BCUT2D eigenvalue weighted by Gasteiger charge is -2.34. The van der Waals surface area contributed by atoms with E-state index in [0.29, 0.717) is 5.92 Å². The molecule has 5 nitrogen and oxygen atoms in total. The molecule has 1 aliphatic rings. The number of rotatable bonds is 6. The first-order chi connectivity index (χ1) is 14.2. The van der Waals surface area contributed by atoms with Gasteiger partial charge in [0.15, 0.2) is 0 Å². The standard InChI is InChI=1S/C24H29N5/c1-19(2)21-10-6-7-11-22(21)26-23-12-13-25-24(27-23)29-16-14-28(15-17-29)18-20-8-4-3-5-9-20/h3-13,19H,14-18H2,1-2H3,(H,25,26,27). The molecule has 4 rings (SSSR count). The van der Waals surface area contributed by atoms with Crippen molar-refractivity contribution < 1.29 is 0 Å². The van der Waals surface area contributed by atoms with Crippen LogP contribution in [0, 0.1) is 0 Å². The van der Waals surface area contributed by atoms with Gasteiger partial charge in [0.2, 0.25) is 5.95 Å². The van der Waals surface area contributed by atoms with Gasteiger partial charge in [-0.15, -0.1) is 0 Å². The fourth-order valence-corrected chi connectivity index (χ4v) is 3.77. The highest BCUT2D eigenvalue weighted by atomic mass is 15.3. The summed E-state index contributed by atoms with van der Waals surface area (Å²) in [6, 6.07) is 21.0. The molecule has 0 unspecified atom stereocenters. The van der Waals surface area contributed by atoms with Gasteiger partial charge in [-0.1, -0.05) is 62.4 Å². The van der Waals surface area contributed by atoms with E-state index in [1.165, 1.54) is 11.1 Å². The molecule has 0 aliphatic carbocycles. The van der Waals surface area contributed by atoms with Crippen LogP contribution in [0.2, 0.25) is 0 Å². The lowest BCUT2D eigenvalue weighted by molar-refractivity contribution is 0.248. The van der Waals surface area contributed by atoms with Crippen LogP contribution in [-0.2, 0) is 6.54 Å². The van der Waals surface area contributed by atoms with Gasteiger partial charge in [0.1, 0.15) is 5.82 Å². The van der Waals surface area contributed by atoms with E-state index in [1.54, 1.807) is 0 Å². The highest BCUT2D eigenvalue weighted by Gasteiger charge is 2.19. The Morgan fingerprint density at radius 1 is 0.897 bits per heavy atom. The molecule has 2 heterocycles. The van der Waals surface area contributed by atoms with Crippen molar-refractivity contribution in [3.8, 4) is 0 Å². The molecule has 1 aromatic heterocycles. The summed E-state index contributed by atoms with van der Waals surface area (Å²) in [6.45, 7) is 9.35. The first-order valence-corrected chi connectivity index (χ1v) is 10.4. The molecule has 29 heavy (non-hydrogen) atoms. The Hall–Kier alpha value is -2.92. The molecule has 0 saturated carbocycles. The molecule has 1 fully saturated rings. The third kappa shape index (κ3) is 4.93. The van der Waals surface area contributed by atoms with E-state index in [0.717, 1.165) is 50.2 Å². The van der Waals surface area contributed by atoms with E-state index in [4.69, 9.17) is 4.98 Å². The quantitative estimate of drug-likeness (QED) is 0.666. The molecule has 0 atom stereocenters. The number of piperazine rings is 1. The SMILES string of the molecule is CC(C)c1ccccc1Nc1ccnc(N2CCN(Cc3ccccc3)CC2)n1. The Balaban J connectivity index is 1.40. The predicted molar refractivity (Wildman–Crippen MR) is 120 cm³/mol. The average Bonchev–Trinajstić information content (AvgIpc) is 2.75. The number of hydrogen-bond acceptors (Lipinski definition) is 5. The van der Waals surface area contributed by atoms with Crippen LogP contribution in [0.25, 0.3) is 0 Å². The summed E-state index contributed by atoms with van der Waals surface area (Å²) in [5, 5.41) is 3.49. The number of nitrogens with zero attached hydrogens (tertiary/aromatic N) is 4. The van der Waals surface area contributed by atoms with Crippen LogP contribution in [0.4, 0.5) is 17.5 Å². The van der Waals surface area contributed by atoms with Gasteiger partial charge in [-0.25, -0.2) is 4.98 Å². The fourth-order valence-electron chi connectivity index (χ4n) is 3.77. The maximum Gasteiger partial charge on any atom is 0.227 e. The Kier molecular flexibility index (Phi) is 6.06. The Morgan fingerprint density at radius 2 is 1.62 bits per heavy atom.